The highest BCUT2D eigenvalue weighted by molar-refractivity contribution is 5.67. The van der Waals surface area contributed by atoms with Crippen molar-refractivity contribution in [2.45, 2.75) is 57.8 Å². The van der Waals surface area contributed by atoms with Gasteiger partial charge in [0.05, 0.1) is 13.2 Å². The van der Waals surface area contributed by atoms with Crippen LogP contribution in [0.4, 0.5) is 4.79 Å². The van der Waals surface area contributed by atoms with Crippen molar-refractivity contribution in [3.8, 4) is 17.5 Å². The van der Waals surface area contributed by atoms with Gasteiger partial charge in [0.2, 0.25) is 5.75 Å². The fraction of sp³-hybridized carbons (Fsp3) is 0.737. The van der Waals surface area contributed by atoms with Gasteiger partial charge in [-0.2, -0.15) is 9.97 Å². The number of nitrogens with one attached hydrogen (secondary N) is 1. The largest absolute Gasteiger partial charge is 0.487 e. The Balaban J connectivity index is 1.58. The van der Waals surface area contributed by atoms with Gasteiger partial charge in [0.15, 0.2) is 0 Å². The maximum absolute atomic E-state index is 12.0. The maximum atomic E-state index is 12.0. The number of aromatic nitrogens is 2. The predicted octanol–water partition coefficient (Wildman–Crippen LogP) is 2.00. The van der Waals surface area contributed by atoms with E-state index >= 15 is 0 Å². The van der Waals surface area contributed by atoms with Crippen LogP contribution < -0.4 is 19.5 Å². The fourth-order valence-electron chi connectivity index (χ4n) is 3.35. The van der Waals surface area contributed by atoms with Crippen molar-refractivity contribution < 1.29 is 23.7 Å². The van der Waals surface area contributed by atoms with E-state index in [1.165, 1.54) is 6.33 Å². The van der Waals surface area contributed by atoms with E-state index in [1.54, 1.807) is 12.0 Å². The summed E-state index contributed by atoms with van der Waals surface area (Å²) < 4.78 is 22.8. The number of hydrogen-bond acceptors (Lipinski definition) is 8. The SMILES string of the molecule is COc1c(OC2CCNCC2)ncnc1OC1CCN(C(=O)OC(C)C)CC1. The standard InChI is InChI=1S/C19H30N4O5/c1-13(2)26-19(24)23-10-6-15(7-11-23)28-18-16(25-3)17(21-12-22-18)27-14-4-8-20-9-5-14/h12-15,20H,4-11H2,1-3H3. The molecule has 0 aliphatic carbocycles. The van der Waals surface area contributed by atoms with Crippen LogP contribution in [0.15, 0.2) is 6.33 Å². The van der Waals surface area contributed by atoms with Gasteiger partial charge in [-0.1, -0.05) is 0 Å². The second-order valence-electron chi connectivity index (χ2n) is 7.32. The average Bonchev–Trinajstić information content (AvgIpc) is 2.69. The van der Waals surface area contributed by atoms with Crippen LogP contribution in [0.3, 0.4) is 0 Å². The van der Waals surface area contributed by atoms with Crippen LogP contribution in [-0.4, -0.2) is 72.6 Å². The lowest BCUT2D eigenvalue weighted by Gasteiger charge is -2.32. The minimum Gasteiger partial charge on any atom is -0.487 e. The van der Waals surface area contributed by atoms with Crippen molar-refractivity contribution >= 4 is 6.09 Å². The van der Waals surface area contributed by atoms with Gasteiger partial charge in [-0.25, -0.2) is 4.79 Å². The Hall–Kier alpha value is -2.29. The number of piperidine rings is 2. The smallest absolute Gasteiger partial charge is 0.410 e. The van der Waals surface area contributed by atoms with Gasteiger partial charge in [-0.05, 0) is 39.8 Å². The lowest BCUT2D eigenvalue weighted by molar-refractivity contribution is 0.0497. The quantitative estimate of drug-likeness (QED) is 0.783. The molecule has 0 unspecified atom stereocenters. The summed E-state index contributed by atoms with van der Waals surface area (Å²) in [6, 6.07) is 0. The highest BCUT2D eigenvalue weighted by Crippen LogP contribution is 2.35. The van der Waals surface area contributed by atoms with Crippen LogP contribution in [0.2, 0.25) is 0 Å². The number of carbonyl (C=O) groups is 1. The molecule has 1 aromatic heterocycles. The molecule has 2 aliphatic rings. The number of likely N-dealkylation sites (tertiary alicyclic amines) is 1. The minimum absolute atomic E-state index is 0.0568. The molecule has 0 saturated carbocycles. The summed E-state index contributed by atoms with van der Waals surface area (Å²) in [5, 5.41) is 3.31. The number of ether oxygens (including phenoxy) is 4. The number of amides is 1. The molecule has 3 rings (SSSR count). The van der Waals surface area contributed by atoms with Crippen LogP contribution in [0.5, 0.6) is 17.5 Å². The highest BCUT2D eigenvalue weighted by Gasteiger charge is 2.28. The van der Waals surface area contributed by atoms with Crippen LogP contribution in [0, 0.1) is 0 Å². The molecule has 0 atom stereocenters. The lowest BCUT2D eigenvalue weighted by Crippen LogP contribution is -2.42. The minimum atomic E-state index is -0.272. The van der Waals surface area contributed by atoms with E-state index in [9.17, 15) is 4.79 Å². The van der Waals surface area contributed by atoms with E-state index < -0.39 is 0 Å². The number of carbonyl (C=O) groups excluding carboxylic acids is 1. The van der Waals surface area contributed by atoms with Gasteiger partial charge in [0.25, 0.3) is 11.8 Å². The van der Waals surface area contributed by atoms with Crippen LogP contribution >= 0.6 is 0 Å². The van der Waals surface area contributed by atoms with Gasteiger partial charge in [-0.15, -0.1) is 0 Å². The molecule has 28 heavy (non-hydrogen) atoms. The van der Waals surface area contributed by atoms with E-state index in [0.29, 0.717) is 43.4 Å². The molecule has 2 aliphatic heterocycles. The molecule has 156 valence electrons. The molecule has 0 spiro atoms. The topological polar surface area (TPSA) is 95.0 Å². The summed E-state index contributed by atoms with van der Waals surface area (Å²) in [7, 11) is 1.56. The van der Waals surface area contributed by atoms with E-state index in [1.807, 2.05) is 13.8 Å². The van der Waals surface area contributed by atoms with Gasteiger partial charge < -0.3 is 29.2 Å². The third-order valence-electron chi connectivity index (χ3n) is 4.82. The van der Waals surface area contributed by atoms with Gasteiger partial charge in [0, 0.05) is 25.9 Å². The van der Waals surface area contributed by atoms with E-state index in [-0.39, 0.29) is 24.4 Å². The predicted molar refractivity (Wildman–Crippen MR) is 102 cm³/mol. The Bertz CT molecular complexity index is 643. The van der Waals surface area contributed by atoms with Crippen LogP contribution in [0.1, 0.15) is 39.5 Å². The molecule has 3 heterocycles. The third kappa shape index (κ3) is 5.37. The van der Waals surface area contributed by atoms with Crippen molar-refractivity contribution in [2.24, 2.45) is 0 Å². The number of nitrogens with zero attached hydrogens (tertiary/aromatic N) is 3. The highest BCUT2D eigenvalue weighted by atomic mass is 16.6. The first-order chi connectivity index (χ1) is 13.6. The zero-order chi connectivity index (χ0) is 19.9. The number of methoxy groups -OCH3 is 1. The summed E-state index contributed by atoms with van der Waals surface area (Å²) in [6.07, 6.45) is 4.34. The summed E-state index contributed by atoms with van der Waals surface area (Å²) in [4.78, 5) is 22.2. The van der Waals surface area contributed by atoms with Crippen LogP contribution in [-0.2, 0) is 4.74 Å². The van der Waals surface area contributed by atoms with Crippen LogP contribution in [0.25, 0.3) is 0 Å². The maximum Gasteiger partial charge on any atom is 0.410 e. The first kappa shape index (κ1) is 20.4. The van der Waals surface area contributed by atoms with Gasteiger partial charge in [0.1, 0.15) is 18.5 Å². The summed E-state index contributed by atoms with van der Waals surface area (Å²) >= 11 is 0. The summed E-state index contributed by atoms with van der Waals surface area (Å²) in [5.74, 6) is 1.21. The molecule has 1 N–H and O–H groups in total. The Morgan fingerprint density at radius 2 is 1.64 bits per heavy atom. The monoisotopic (exact) mass is 394 g/mol. The Morgan fingerprint density at radius 3 is 2.18 bits per heavy atom. The molecular formula is C19H30N4O5. The number of hydrogen-bond donors (Lipinski definition) is 1. The molecule has 0 bridgehead atoms. The fourth-order valence-corrected chi connectivity index (χ4v) is 3.35. The molecule has 9 heteroatoms. The van der Waals surface area contributed by atoms with Crippen molar-refractivity contribution in [1.29, 1.82) is 0 Å². The van der Waals surface area contributed by atoms with Crippen molar-refractivity contribution in [3.63, 3.8) is 0 Å². The molecule has 1 amide bonds. The summed E-state index contributed by atoms with van der Waals surface area (Å²) in [5.41, 5.74) is 0. The van der Waals surface area contributed by atoms with Gasteiger partial charge in [-0.3, -0.25) is 0 Å². The first-order valence-electron chi connectivity index (χ1n) is 9.95. The van der Waals surface area contributed by atoms with E-state index in [0.717, 1.165) is 25.9 Å². The second-order valence-corrected chi connectivity index (χ2v) is 7.32. The molecule has 0 radical (unpaired) electrons. The Labute approximate surface area is 165 Å². The first-order valence-corrected chi connectivity index (χ1v) is 9.95. The molecule has 0 aromatic carbocycles. The second kappa shape index (κ2) is 9.77. The van der Waals surface area contributed by atoms with Crippen molar-refractivity contribution in [1.82, 2.24) is 20.2 Å². The lowest BCUT2D eigenvalue weighted by atomic mass is 10.1. The molecule has 1 aromatic rings. The van der Waals surface area contributed by atoms with Crippen molar-refractivity contribution in [2.75, 3.05) is 33.3 Å². The van der Waals surface area contributed by atoms with Gasteiger partial charge >= 0.3 is 6.09 Å². The normalized spacial score (nSPS) is 18.8. The zero-order valence-electron chi connectivity index (χ0n) is 16.8. The molecular weight excluding hydrogens is 364 g/mol. The Kier molecular flexibility index (Phi) is 7.13. The van der Waals surface area contributed by atoms with Crippen molar-refractivity contribution in [3.05, 3.63) is 6.33 Å². The third-order valence-corrected chi connectivity index (χ3v) is 4.82. The number of rotatable bonds is 6. The summed E-state index contributed by atoms with van der Waals surface area (Å²) in [6.45, 7) is 6.72. The Morgan fingerprint density at radius 1 is 1.07 bits per heavy atom. The van der Waals surface area contributed by atoms with E-state index in [2.05, 4.69) is 15.3 Å². The van der Waals surface area contributed by atoms with E-state index in [4.69, 9.17) is 18.9 Å². The average molecular weight is 394 g/mol. The molecule has 2 fully saturated rings. The zero-order valence-corrected chi connectivity index (χ0v) is 16.8. The molecule has 9 nitrogen and oxygen atoms in total. The molecule has 2 saturated heterocycles.